The summed E-state index contributed by atoms with van der Waals surface area (Å²) in [6, 6.07) is 7.19. The molecule has 1 aromatic carbocycles. The van der Waals surface area contributed by atoms with Crippen molar-refractivity contribution in [1.29, 1.82) is 0 Å². The van der Waals surface area contributed by atoms with Gasteiger partial charge in [0.15, 0.2) is 28.8 Å². The molecule has 4 rings (SSSR count). The molecule has 9 heteroatoms. The number of H-pyrrole nitrogens is 1. The smallest absolute Gasteiger partial charge is 0.184 e. The van der Waals surface area contributed by atoms with Gasteiger partial charge in [-0.1, -0.05) is 5.16 Å². The predicted molar refractivity (Wildman–Crippen MR) is 90.0 cm³/mol. The minimum absolute atomic E-state index is 0.436. The minimum atomic E-state index is 0.436. The maximum absolute atomic E-state index is 5.33. The number of nitrogens with one attached hydrogen (secondary N) is 2. The lowest BCUT2D eigenvalue weighted by atomic mass is 10.2. The third kappa shape index (κ3) is 2.71. The normalized spacial score (nSPS) is 10.8. The van der Waals surface area contributed by atoms with Crippen molar-refractivity contribution < 1.29 is 14.0 Å². The van der Waals surface area contributed by atoms with Crippen LogP contribution >= 0.6 is 0 Å². The second kappa shape index (κ2) is 6.11. The molecule has 0 atom stereocenters. The fraction of sp³-hybridized carbons (Fsp3) is 0.125. The number of rotatable bonds is 5. The molecule has 0 unspecified atom stereocenters. The maximum atomic E-state index is 5.33. The SMILES string of the molecule is COc1ccc(Nc2nc(-c3ccon3)nc3cn[nH]c23)cc1OC. The first-order valence-corrected chi connectivity index (χ1v) is 7.39. The van der Waals surface area contributed by atoms with E-state index in [0.717, 1.165) is 5.69 Å². The van der Waals surface area contributed by atoms with Crippen molar-refractivity contribution in [2.24, 2.45) is 0 Å². The Labute approximate surface area is 142 Å². The zero-order valence-corrected chi connectivity index (χ0v) is 13.5. The van der Waals surface area contributed by atoms with E-state index in [2.05, 4.69) is 30.6 Å². The molecule has 0 radical (unpaired) electrons. The van der Waals surface area contributed by atoms with E-state index in [1.165, 1.54) is 6.26 Å². The topological polar surface area (TPSA) is 111 Å². The Bertz CT molecular complexity index is 1010. The van der Waals surface area contributed by atoms with Crippen molar-refractivity contribution in [1.82, 2.24) is 25.3 Å². The fourth-order valence-electron chi connectivity index (χ4n) is 2.42. The van der Waals surface area contributed by atoms with E-state index >= 15 is 0 Å². The first-order valence-electron chi connectivity index (χ1n) is 7.39. The Kier molecular flexibility index (Phi) is 3.65. The molecular formula is C16H14N6O3. The van der Waals surface area contributed by atoms with E-state index in [0.29, 0.717) is 39.9 Å². The second-order valence-corrected chi connectivity index (χ2v) is 5.11. The quantitative estimate of drug-likeness (QED) is 0.571. The van der Waals surface area contributed by atoms with Crippen LogP contribution in [0.1, 0.15) is 0 Å². The third-order valence-corrected chi connectivity index (χ3v) is 3.61. The number of nitrogens with zero attached hydrogens (tertiary/aromatic N) is 4. The predicted octanol–water partition coefficient (Wildman–Crippen LogP) is 2.77. The molecule has 3 heterocycles. The van der Waals surface area contributed by atoms with Gasteiger partial charge in [-0.3, -0.25) is 5.10 Å². The summed E-state index contributed by atoms with van der Waals surface area (Å²) in [4.78, 5) is 8.95. The van der Waals surface area contributed by atoms with Gasteiger partial charge in [-0.25, -0.2) is 9.97 Å². The van der Waals surface area contributed by atoms with Crippen LogP contribution in [0.15, 0.2) is 41.2 Å². The molecule has 0 fully saturated rings. The summed E-state index contributed by atoms with van der Waals surface area (Å²) in [5.74, 6) is 2.25. The summed E-state index contributed by atoms with van der Waals surface area (Å²) >= 11 is 0. The van der Waals surface area contributed by atoms with E-state index in [-0.39, 0.29) is 0 Å². The van der Waals surface area contributed by atoms with Gasteiger partial charge in [0.25, 0.3) is 0 Å². The number of fused-ring (bicyclic) bond motifs is 1. The van der Waals surface area contributed by atoms with Gasteiger partial charge in [0.2, 0.25) is 0 Å². The summed E-state index contributed by atoms with van der Waals surface area (Å²) in [5, 5.41) is 14.1. The van der Waals surface area contributed by atoms with Crippen LogP contribution in [0.2, 0.25) is 0 Å². The molecule has 0 saturated heterocycles. The van der Waals surface area contributed by atoms with E-state index in [1.807, 2.05) is 18.2 Å². The first-order chi connectivity index (χ1) is 12.3. The van der Waals surface area contributed by atoms with Crippen molar-refractivity contribution in [3.05, 3.63) is 36.7 Å². The van der Waals surface area contributed by atoms with Crippen molar-refractivity contribution in [3.63, 3.8) is 0 Å². The van der Waals surface area contributed by atoms with Crippen molar-refractivity contribution >= 4 is 22.5 Å². The highest BCUT2D eigenvalue weighted by molar-refractivity contribution is 5.88. The highest BCUT2D eigenvalue weighted by atomic mass is 16.5. The first kappa shape index (κ1) is 14.9. The number of hydrogen-bond acceptors (Lipinski definition) is 8. The molecule has 0 bridgehead atoms. The molecule has 0 amide bonds. The zero-order chi connectivity index (χ0) is 17.2. The highest BCUT2D eigenvalue weighted by Gasteiger charge is 2.14. The van der Waals surface area contributed by atoms with E-state index in [9.17, 15) is 0 Å². The zero-order valence-electron chi connectivity index (χ0n) is 13.5. The Hall–Kier alpha value is -3.62. The summed E-state index contributed by atoms with van der Waals surface area (Å²) in [7, 11) is 3.18. The van der Waals surface area contributed by atoms with Gasteiger partial charge in [0, 0.05) is 17.8 Å². The van der Waals surface area contributed by atoms with E-state index in [1.54, 1.807) is 26.5 Å². The van der Waals surface area contributed by atoms with Gasteiger partial charge in [-0.2, -0.15) is 5.10 Å². The molecule has 0 aliphatic carbocycles. The standard InChI is InChI=1S/C16H14N6O3/c1-23-12-4-3-9(7-13(12)24-2)18-16-14-11(8-17-21-14)19-15(20-16)10-5-6-25-22-10/h3-8H,1-2H3,(H,17,21)(H,18,19,20). The largest absolute Gasteiger partial charge is 0.493 e. The number of ether oxygens (including phenoxy) is 2. The lowest BCUT2D eigenvalue weighted by Crippen LogP contribution is -2.00. The number of aromatic nitrogens is 5. The summed E-state index contributed by atoms with van der Waals surface area (Å²) in [6.45, 7) is 0. The number of hydrogen-bond donors (Lipinski definition) is 2. The molecule has 0 aliphatic heterocycles. The van der Waals surface area contributed by atoms with E-state index in [4.69, 9.17) is 14.0 Å². The highest BCUT2D eigenvalue weighted by Crippen LogP contribution is 2.32. The number of benzene rings is 1. The van der Waals surface area contributed by atoms with Crippen LogP contribution in [0.5, 0.6) is 11.5 Å². The van der Waals surface area contributed by atoms with Gasteiger partial charge in [0.1, 0.15) is 17.3 Å². The molecule has 0 spiro atoms. The number of methoxy groups -OCH3 is 2. The van der Waals surface area contributed by atoms with Gasteiger partial charge in [-0.15, -0.1) is 0 Å². The molecule has 3 aromatic heterocycles. The second-order valence-electron chi connectivity index (χ2n) is 5.11. The van der Waals surface area contributed by atoms with Crippen molar-refractivity contribution in [3.8, 4) is 23.0 Å². The van der Waals surface area contributed by atoms with Crippen LogP contribution in [0.4, 0.5) is 11.5 Å². The van der Waals surface area contributed by atoms with E-state index < -0.39 is 0 Å². The Morgan fingerprint density at radius 3 is 2.72 bits per heavy atom. The number of aromatic amines is 1. The van der Waals surface area contributed by atoms with Crippen LogP contribution < -0.4 is 14.8 Å². The lowest BCUT2D eigenvalue weighted by Gasteiger charge is -2.11. The molecule has 9 nitrogen and oxygen atoms in total. The average molecular weight is 338 g/mol. The van der Waals surface area contributed by atoms with Gasteiger partial charge in [-0.05, 0) is 12.1 Å². The Morgan fingerprint density at radius 2 is 1.96 bits per heavy atom. The molecule has 0 aliphatic rings. The van der Waals surface area contributed by atoms with Gasteiger partial charge < -0.3 is 19.3 Å². The summed E-state index contributed by atoms with van der Waals surface area (Å²) in [5.41, 5.74) is 2.66. The average Bonchev–Trinajstić information content (AvgIpc) is 3.33. The Morgan fingerprint density at radius 1 is 1.08 bits per heavy atom. The molecule has 126 valence electrons. The van der Waals surface area contributed by atoms with Gasteiger partial charge >= 0.3 is 0 Å². The molecule has 4 aromatic rings. The maximum Gasteiger partial charge on any atom is 0.184 e. The molecule has 0 saturated carbocycles. The van der Waals surface area contributed by atoms with Crippen LogP contribution in [0, 0.1) is 0 Å². The van der Waals surface area contributed by atoms with Crippen LogP contribution in [0.3, 0.4) is 0 Å². The lowest BCUT2D eigenvalue weighted by molar-refractivity contribution is 0.355. The van der Waals surface area contributed by atoms with Crippen LogP contribution in [-0.4, -0.2) is 39.5 Å². The Balaban J connectivity index is 1.77. The number of anilines is 2. The third-order valence-electron chi connectivity index (χ3n) is 3.61. The van der Waals surface area contributed by atoms with Crippen molar-refractivity contribution in [2.45, 2.75) is 0 Å². The van der Waals surface area contributed by atoms with Gasteiger partial charge in [0.05, 0.1) is 20.4 Å². The monoisotopic (exact) mass is 338 g/mol. The summed E-state index contributed by atoms with van der Waals surface area (Å²) < 4.78 is 15.5. The van der Waals surface area contributed by atoms with Crippen molar-refractivity contribution in [2.75, 3.05) is 19.5 Å². The minimum Gasteiger partial charge on any atom is -0.493 e. The molecule has 2 N–H and O–H groups in total. The molecule has 25 heavy (non-hydrogen) atoms. The van der Waals surface area contributed by atoms with Crippen LogP contribution in [-0.2, 0) is 0 Å². The van der Waals surface area contributed by atoms with Crippen LogP contribution in [0.25, 0.3) is 22.6 Å². The summed E-state index contributed by atoms with van der Waals surface area (Å²) in [6.07, 6.45) is 3.10. The molecular weight excluding hydrogens is 324 g/mol. The fourth-order valence-corrected chi connectivity index (χ4v) is 2.42.